The second-order valence-electron chi connectivity index (χ2n) is 5.55. The first-order valence-electron chi connectivity index (χ1n) is 7.30. The first-order chi connectivity index (χ1) is 9.10. The lowest BCUT2D eigenvalue weighted by molar-refractivity contribution is -0.00522. The van der Waals surface area contributed by atoms with E-state index in [-0.39, 0.29) is 0 Å². The van der Waals surface area contributed by atoms with Crippen molar-refractivity contribution in [3.05, 3.63) is 29.3 Å². The maximum atomic E-state index is 5.79. The molecule has 1 aromatic carbocycles. The molecular weight excluding hydrogens is 236 g/mol. The Labute approximate surface area is 116 Å². The molecule has 1 saturated heterocycles. The standard InChI is InChI=1S/C16H26N2O/c1-5-17-9-15-6-7-16(8-12(15)2)18-10-13(3)19-14(4)11-18/h6-8,13-14,17H,5,9-11H2,1-4H3/t13-,14+. The molecule has 0 saturated carbocycles. The van der Waals surface area contributed by atoms with E-state index in [9.17, 15) is 0 Å². The maximum Gasteiger partial charge on any atom is 0.0726 e. The lowest BCUT2D eigenvalue weighted by Crippen LogP contribution is -2.45. The van der Waals surface area contributed by atoms with E-state index in [1.165, 1.54) is 16.8 Å². The molecule has 19 heavy (non-hydrogen) atoms. The minimum Gasteiger partial charge on any atom is -0.372 e. The number of nitrogens with zero attached hydrogens (tertiary/aromatic N) is 1. The van der Waals surface area contributed by atoms with Gasteiger partial charge in [0.05, 0.1) is 12.2 Å². The zero-order chi connectivity index (χ0) is 13.8. The fourth-order valence-corrected chi connectivity index (χ4v) is 2.72. The third kappa shape index (κ3) is 3.71. The van der Waals surface area contributed by atoms with Gasteiger partial charge in [-0.3, -0.25) is 0 Å². The molecule has 0 radical (unpaired) electrons. The Hall–Kier alpha value is -1.06. The van der Waals surface area contributed by atoms with Crippen LogP contribution in [0.4, 0.5) is 5.69 Å². The topological polar surface area (TPSA) is 24.5 Å². The number of benzene rings is 1. The van der Waals surface area contributed by atoms with Crippen LogP contribution in [0.25, 0.3) is 0 Å². The van der Waals surface area contributed by atoms with Crippen molar-refractivity contribution in [2.75, 3.05) is 24.5 Å². The summed E-state index contributed by atoms with van der Waals surface area (Å²) in [4.78, 5) is 2.43. The summed E-state index contributed by atoms with van der Waals surface area (Å²) in [5.41, 5.74) is 4.07. The summed E-state index contributed by atoms with van der Waals surface area (Å²) in [7, 11) is 0. The monoisotopic (exact) mass is 262 g/mol. The van der Waals surface area contributed by atoms with Crippen molar-refractivity contribution in [1.29, 1.82) is 0 Å². The molecule has 0 aromatic heterocycles. The van der Waals surface area contributed by atoms with Gasteiger partial charge in [0.25, 0.3) is 0 Å². The Morgan fingerprint density at radius 3 is 2.53 bits per heavy atom. The molecule has 0 amide bonds. The smallest absolute Gasteiger partial charge is 0.0726 e. The Bertz CT molecular complexity index is 409. The lowest BCUT2D eigenvalue weighted by Gasteiger charge is -2.37. The number of morpholine rings is 1. The fraction of sp³-hybridized carbons (Fsp3) is 0.625. The van der Waals surface area contributed by atoms with E-state index in [1.54, 1.807) is 0 Å². The molecule has 106 valence electrons. The van der Waals surface area contributed by atoms with Crippen LogP contribution in [0.2, 0.25) is 0 Å². The molecule has 0 bridgehead atoms. The van der Waals surface area contributed by atoms with Crippen LogP contribution in [0.1, 0.15) is 31.9 Å². The van der Waals surface area contributed by atoms with Crippen LogP contribution in [0.5, 0.6) is 0 Å². The van der Waals surface area contributed by atoms with Crippen LogP contribution in [0.3, 0.4) is 0 Å². The van der Waals surface area contributed by atoms with Gasteiger partial charge in [0.1, 0.15) is 0 Å². The maximum absolute atomic E-state index is 5.79. The Morgan fingerprint density at radius 2 is 1.95 bits per heavy atom. The van der Waals surface area contributed by atoms with Crippen molar-refractivity contribution in [1.82, 2.24) is 5.32 Å². The molecule has 0 unspecified atom stereocenters. The molecule has 1 aliphatic rings. The number of anilines is 1. The van der Waals surface area contributed by atoms with E-state index in [4.69, 9.17) is 4.74 Å². The molecule has 1 heterocycles. The molecule has 3 heteroatoms. The van der Waals surface area contributed by atoms with E-state index in [0.29, 0.717) is 12.2 Å². The van der Waals surface area contributed by atoms with Gasteiger partial charge < -0.3 is 15.0 Å². The third-order valence-electron chi connectivity index (χ3n) is 3.68. The number of aryl methyl sites for hydroxylation is 1. The molecule has 1 aromatic rings. The summed E-state index contributed by atoms with van der Waals surface area (Å²) in [5, 5.41) is 3.38. The summed E-state index contributed by atoms with van der Waals surface area (Å²) in [6.45, 7) is 12.6. The van der Waals surface area contributed by atoms with E-state index in [2.05, 4.69) is 56.1 Å². The zero-order valence-electron chi connectivity index (χ0n) is 12.6. The highest BCUT2D eigenvalue weighted by Crippen LogP contribution is 2.23. The molecular formula is C16H26N2O. The van der Waals surface area contributed by atoms with Crippen LogP contribution >= 0.6 is 0 Å². The highest BCUT2D eigenvalue weighted by Gasteiger charge is 2.22. The van der Waals surface area contributed by atoms with Crippen molar-refractivity contribution in [2.45, 2.75) is 46.4 Å². The average Bonchev–Trinajstić information content (AvgIpc) is 2.36. The van der Waals surface area contributed by atoms with Gasteiger partial charge in [-0.1, -0.05) is 13.0 Å². The van der Waals surface area contributed by atoms with E-state index < -0.39 is 0 Å². The second kappa shape index (κ2) is 6.40. The number of nitrogens with one attached hydrogen (secondary N) is 1. The predicted molar refractivity (Wildman–Crippen MR) is 80.8 cm³/mol. The van der Waals surface area contributed by atoms with Crippen molar-refractivity contribution >= 4 is 5.69 Å². The van der Waals surface area contributed by atoms with Gasteiger partial charge in [-0.05, 0) is 50.6 Å². The van der Waals surface area contributed by atoms with Crippen LogP contribution < -0.4 is 10.2 Å². The van der Waals surface area contributed by atoms with Gasteiger partial charge in [-0.15, -0.1) is 0 Å². The second-order valence-corrected chi connectivity index (χ2v) is 5.55. The molecule has 0 aliphatic carbocycles. The predicted octanol–water partition coefficient (Wildman–Crippen LogP) is 2.72. The summed E-state index contributed by atoms with van der Waals surface area (Å²) >= 11 is 0. The van der Waals surface area contributed by atoms with Gasteiger partial charge in [0.15, 0.2) is 0 Å². The van der Waals surface area contributed by atoms with E-state index >= 15 is 0 Å². The first-order valence-corrected chi connectivity index (χ1v) is 7.30. The Kier molecular flexibility index (Phi) is 4.83. The van der Waals surface area contributed by atoms with Gasteiger partial charge in [0, 0.05) is 25.3 Å². The third-order valence-corrected chi connectivity index (χ3v) is 3.68. The van der Waals surface area contributed by atoms with Gasteiger partial charge in [-0.2, -0.15) is 0 Å². The van der Waals surface area contributed by atoms with Gasteiger partial charge >= 0.3 is 0 Å². The van der Waals surface area contributed by atoms with Crippen LogP contribution in [-0.2, 0) is 11.3 Å². The molecule has 1 aliphatic heterocycles. The summed E-state index contributed by atoms with van der Waals surface area (Å²) < 4.78 is 5.79. The van der Waals surface area contributed by atoms with E-state index in [0.717, 1.165) is 26.2 Å². The summed E-state index contributed by atoms with van der Waals surface area (Å²) in [6.07, 6.45) is 0.621. The van der Waals surface area contributed by atoms with Gasteiger partial charge in [-0.25, -0.2) is 0 Å². The molecule has 0 spiro atoms. The van der Waals surface area contributed by atoms with Crippen LogP contribution in [0.15, 0.2) is 18.2 Å². The minimum atomic E-state index is 0.311. The minimum absolute atomic E-state index is 0.311. The van der Waals surface area contributed by atoms with Crippen molar-refractivity contribution in [3.63, 3.8) is 0 Å². The number of hydrogen-bond acceptors (Lipinski definition) is 3. The molecule has 1 fully saturated rings. The number of hydrogen-bond donors (Lipinski definition) is 1. The first kappa shape index (κ1) is 14.4. The molecule has 2 rings (SSSR count). The van der Waals surface area contributed by atoms with Crippen LogP contribution in [-0.4, -0.2) is 31.8 Å². The quantitative estimate of drug-likeness (QED) is 0.903. The van der Waals surface area contributed by atoms with Crippen molar-refractivity contribution < 1.29 is 4.74 Å². The summed E-state index contributed by atoms with van der Waals surface area (Å²) in [5.74, 6) is 0. The fourth-order valence-electron chi connectivity index (χ4n) is 2.72. The SMILES string of the molecule is CCNCc1ccc(N2C[C@@H](C)O[C@@H](C)C2)cc1C. The Morgan fingerprint density at radius 1 is 1.26 bits per heavy atom. The normalized spacial score (nSPS) is 23.7. The lowest BCUT2D eigenvalue weighted by atomic mass is 10.1. The number of ether oxygens (including phenoxy) is 1. The highest BCUT2D eigenvalue weighted by atomic mass is 16.5. The highest BCUT2D eigenvalue weighted by molar-refractivity contribution is 5.51. The van der Waals surface area contributed by atoms with Crippen molar-refractivity contribution in [3.8, 4) is 0 Å². The largest absolute Gasteiger partial charge is 0.372 e. The Balaban J connectivity index is 2.10. The average molecular weight is 262 g/mol. The van der Waals surface area contributed by atoms with Crippen LogP contribution in [0, 0.1) is 6.92 Å². The molecule has 2 atom stereocenters. The molecule has 3 nitrogen and oxygen atoms in total. The van der Waals surface area contributed by atoms with Gasteiger partial charge in [0.2, 0.25) is 0 Å². The number of rotatable bonds is 4. The zero-order valence-corrected chi connectivity index (χ0v) is 12.6. The summed E-state index contributed by atoms with van der Waals surface area (Å²) in [6, 6.07) is 6.79. The van der Waals surface area contributed by atoms with E-state index in [1.807, 2.05) is 0 Å². The molecule has 1 N–H and O–H groups in total. The van der Waals surface area contributed by atoms with Crippen molar-refractivity contribution in [2.24, 2.45) is 0 Å².